The second-order valence-corrected chi connectivity index (χ2v) is 6.50. The molecule has 1 aliphatic carbocycles. The first-order valence-electron chi connectivity index (χ1n) is 8.86. The molecule has 1 amide bonds. The summed E-state index contributed by atoms with van der Waals surface area (Å²) in [5.74, 6) is -0.290. The second-order valence-electron chi connectivity index (χ2n) is 6.50. The summed E-state index contributed by atoms with van der Waals surface area (Å²) in [4.78, 5) is 17.6. The number of carbonyl (C=O) groups excluding carboxylic acids is 1. The minimum Gasteiger partial charge on any atom is -0.345 e. The van der Waals surface area contributed by atoms with Gasteiger partial charge in [0.15, 0.2) is 1.41 Å². The van der Waals surface area contributed by atoms with Gasteiger partial charge in [-0.15, -0.1) is 0 Å². The third kappa shape index (κ3) is 2.48. The lowest BCUT2D eigenvalue weighted by Crippen LogP contribution is -2.31. The number of aromatic nitrogens is 2. The van der Waals surface area contributed by atoms with Crippen molar-refractivity contribution in [3.63, 3.8) is 0 Å². The molecule has 2 heterocycles. The smallest absolute Gasteiger partial charge is 0.255 e. The van der Waals surface area contributed by atoms with Crippen molar-refractivity contribution in [1.29, 1.82) is 0 Å². The van der Waals surface area contributed by atoms with Gasteiger partial charge in [-0.3, -0.25) is 4.79 Å². The van der Waals surface area contributed by atoms with Crippen molar-refractivity contribution in [3.05, 3.63) is 70.7 Å². The first-order valence-corrected chi connectivity index (χ1v) is 8.42. The van der Waals surface area contributed by atoms with E-state index in [1.165, 1.54) is 5.56 Å². The van der Waals surface area contributed by atoms with Crippen LogP contribution in [0.3, 0.4) is 0 Å². The van der Waals surface area contributed by atoms with Gasteiger partial charge in [0.1, 0.15) is 5.65 Å². The number of nitrogens with zero attached hydrogens (tertiary/aromatic N) is 2. The molecule has 0 spiro atoms. The fourth-order valence-electron chi connectivity index (χ4n) is 3.63. The zero-order valence-corrected chi connectivity index (χ0v) is 14.0. The van der Waals surface area contributed by atoms with Crippen molar-refractivity contribution in [1.82, 2.24) is 14.7 Å². The highest BCUT2D eigenvalue weighted by atomic mass is 16.1. The molecule has 0 radical (unpaired) electrons. The molecule has 0 saturated heterocycles. The molecule has 4 heteroatoms. The molecule has 2 aromatic heterocycles. The largest absolute Gasteiger partial charge is 0.345 e. The van der Waals surface area contributed by atoms with Crippen molar-refractivity contribution in [2.45, 2.75) is 39.2 Å². The van der Waals surface area contributed by atoms with Crippen LogP contribution in [0.5, 0.6) is 0 Å². The summed E-state index contributed by atoms with van der Waals surface area (Å²) < 4.78 is 10.4. The topological polar surface area (TPSA) is 46.4 Å². The molecule has 3 aromatic rings. The summed E-state index contributed by atoms with van der Waals surface area (Å²) in [5.41, 5.74) is 5.36. The average molecular weight is 320 g/mol. The van der Waals surface area contributed by atoms with E-state index < -0.39 is 0 Å². The van der Waals surface area contributed by atoms with E-state index in [1.54, 1.807) is 6.07 Å². The van der Waals surface area contributed by atoms with Crippen LogP contribution in [0.1, 0.15) is 51.8 Å². The maximum absolute atomic E-state index is 13.0. The first kappa shape index (κ1) is 13.8. The zero-order valence-electron chi connectivity index (χ0n) is 15.0. The highest BCUT2D eigenvalue weighted by Crippen LogP contribution is 2.30. The van der Waals surface area contributed by atoms with Gasteiger partial charge in [0.25, 0.3) is 5.91 Å². The van der Waals surface area contributed by atoms with Gasteiger partial charge in [-0.05, 0) is 56.4 Å². The molecule has 1 N–H and O–H groups in total. The Balaban J connectivity index is 1.73. The minimum atomic E-state index is -0.290. The molecule has 0 saturated carbocycles. The van der Waals surface area contributed by atoms with Gasteiger partial charge < -0.3 is 9.71 Å². The monoisotopic (exact) mass is 320 g/mol. The van der Waals surface area contributed by atoms with Crippen LogP contribution in [0.25, 0.3) is 5.65 Å². The highest BCUT2D eigenvalue weighted by Gasteiger charge is 2.23. The molecule has 0 fully saturated rings. The predicted octanol–water partition coefficient (Wildman–Crippen LogP) is 3.76. The van der Waals surface area contributed by atoms with E-state index in [2.05, 4.69) is 11.1 Å². The summed E-state index contributed by atoms with van der Waals surface area (Å²) in [7, 11) is 0. The zero-order chi connectivity index (χ0) is 17.6. The quantitative estimate of drug-likeness (QED) is 0.781. The van der Waals surface area contributed by atoms with Crippen molar-refractivity contribution >= 4 is 11.6 Å². The Kier molecular flexibility index (Phi) is 3.32. The number of aryl methyl sites for hydroxylation is 3. The lowest BCUT2D eigenvalue weighted by Gasteiger charge is -2.26. The number of carbonyl (C=O) groups is 1. The minimum absolute atomic E-state index is 0.196. The van der Waals surface area contributed by atoms with Gasteiger partial charge in [-0.1, -0.05) is 24.3 Å². The Bertz CT molecular complexity index is 963. The van der Waals surface area contributed by atoms with Crippen LogP contribution in [0.15, 0.2) is 42.6 Å². The van der Waals surface area contributed by atoms with Crippen molar-refractivity contribution in [2.75, 3.05) is 0 Å². The van der Waals surface area contributed by atoms with E-state index in [9.17, 15) is 4.79 Å². The van der Waals surface area contributed by atoms with E-state index in [0.29, 0.717) is 11.2 Å². The second kappa shape index (κ2) is 5.78. The Morgan fingerprint density at radius 1 is 1.33 bits per heavy atom. The number of fused-ring (bicyclic) bond motifs is 2. The van der Waals surface area contributed by atoms with Gasteiger partial charge in [0, 0.05) is 17.6 Å². The van der Waals surface area contributed by atoms with Crippen molar-refractivity contribution in [2.24, 2.45) is 0 Å². The molecule has 1 aromatic carbocycles. The van der Waals surface area contributed by atoms with Gasteiger partial charge in [0.2, 0.25) is 0 Å². The van der Waals surface area contributed by atoms with E-state index in [1.807, 2.05) is 48.7 Å². The Morgan fingerprint density at radius 3 is 3.04 bits per heavy atom. The summed E-state index contributed by atoms with van der Waals surface area (Å²) in [6, 6.07) is 11.7. The van der Waals surface area contributed by atoms with Crippen LogP contribution in [0.4, 0.5) is 0 Å². The van der Waals surface area contributed by atoms with Gasteiger partial charge in [-0.25, -0.2) is 4.98 Å². The number of rotatable bonds is 2. The molecule has 4 nitrogen and oxygen atoms in total. The normalized spacial score (nSPS) is 17.4. The summed E-state index contributed by atoms with van der Waals surface area (Å²) in [5, 5.41) is 1.15. The fourth-order valence-corrected chi connectivity index (χ4v) is 3.63. The first-order chi connectivity index (χ1) is 12.1. The van der Waals surface area contributed by atoms with E-state index in [0.717, 1.165) is 41.5 Å². The van der Waals surface area contributed by atoms with E-state index in [4.69, 9.17) is 1.41 Å². The Morgan fingerprint density at radius 2 is 2.17 bits per heavy atom. The Labute approximate surface area is 143 Å². The van der Waals surface area contributed by atoms with Crippen LogP contribution in [0.2, 0.25) is 1.41 Å². The molecule has 0 aliphatic heterocycles. The number of amides is 1. The molecule has 122 valence electrons. The van der Waals surface area contributed by atoms with Crippen LogP contribution in [-0.2, 0) is 6.42 Å². The molecule has 1 atom stereocenters. The molecular formula is C20H21N3O. The number of hydrogen-bond donors (Lipinski definition) is 1. The SMILES string of the molecule is [2H]N(C(=O)c1ccn2c(C)cc(C)nc12)C1CCCc2ccccc21. The Hall–Kier alpha value is -2.62. The third-order valence-electron chi connectivity index (χ3n) is 4.78. The van der Waals surface area contributed by atoms with E-state index >= 15 is 0 Å². The number of benzene rings is 1. The van der Waals surface area contributed by atoms with Crippen LogP contribution >= 0.6 is 0 Å². The van der Waals surface area contributed by atoms with Gasteiger partial charge >= 0.3 is 0 Å². The van der Waals surface area contributed by atoms with Gasteiger partial charge in [0.05, 0.1) is 11.6 Å². The van der Waals surface area contributed by atoms with E-state index in [-0.39, 0.29) is 11.9 Å². The van der Waals surface area contributed by atoms with Crippen LogP contribution < -0.4 is 5.31 Å². The maximum atomic E-state index is 13.0. The molecule has 0 bridgehead atoms. The van der Waals surface area contributed by atoms with Crippen LogP contribution in [-0.4, -0.2) is 15.3 Å². The van der Waals surface area contributed by atoms with Gasteiger partial charge in [-0.2, -0.15) is 0 Å². The predicted molar refractivity (Wildman–Crippen MR) is 94.3 cm³/mol. The standard InChI is InChI=1S/C20H21N3O/c1-13-12-14(2)23-11-10-17(19(23)21-13)20(24)22-18-9-5-7-15-6-3-4-8-16(15)18/h3-4,6,8,10-12,18H,5,7,9H2,1-2H3,(H,22,24)/i/hD. The van der Waals surface area contributed by atoms with Crippen molar-refractivity contribution in [3.8, 4) is 0 Å². The molecule has 24 heavy (non-hydrogen) atoms. The molecule has 4 rings (SSSR count). The lowest BCUT2D eigenvalue weighted by molar-refractivity contribution is 0.0934. The summed E-state index contributed by atoms with van der Waals surface area (Å²) >= 11 is 0. The molecule has 1 aliphatic rings. The third-order valence-corrected chi connectivity index (χ3v) is 4.78. The molecular weight excluding hydrogens is 298 g/mol. The van der Waals surface area contributed by atoms with Crippen molar-refractivity contribution < 1.29 is 6.21 Å². The lowest BCUT2D eigenvalue weighted by atomic mass is 9.87. The maximum Gasteiger partial charge on any atom is 0.255 e. The van der Waals surface area contributed by atoms with Crippen LogP contribution in [0, 0.1) is 13.8 Å². The summed E-state index contributed by atoms with van der Waals surface area (Å²) in [6.45, 7) is 3.91. The number of nitrogens with one attached hydrogen (secondary N) is 1. The summed E-state index contributed by atoms with van der Waals surface area (Å²) in [6.07, 6.45) is 4.69. The number of hydrogen-bond acceptors (Lipinski definition) is 2. The highest BCUT2D eigenvalue weighted by molar-refractivity contribution is 6.00. The average Bonchev–Trinajstić information content (AvgIpc) is 3.04. The molecule has 1 unspecified atom stereocenters. The fraction of sp³-hybridized carbons (Fsp3) is 0.300.